The Morgan fingerprint density at radius 1 is 1.42 bits per heavy atom. The van der Waals surface area contributed by atoms with Gasteiger partial charge in [-0.05, 0) is 38.2 Å². The summed E-state index contributed by atoms with van der Waals surface area (Å²) in [6.07, 6.45) is 4.39. The summed E-state index contributed by atoms with van der Waals surface area (Å²) >= 11 is 6.98. The minimum absolute atomic E-state index is 0.235. The van der Waals surface area contributed by atoms with Crippen molar-refractivity contribution in [3.63, 3.8) is 0 Å². The van der Waals surface area contributed by atoms with Gasteiger partial charge in [0.1, 0.15) is 10.8 Å². The first kappa shape index (κ1) is 16.2. The van der Waals surface area contributed by atoms with Crippen LogP contribution in [0.15, 0.2) is 12.1 Å². The molecule has 0 fully saturated rings. The van der Waals surface area contributed by atoms with E-state index in [-0.39, 0.29) is 4.75 Å². The average molecular weight is 297 g/mol. The highest BCUT2D eigenvalue weighted by atomic mass is 32.2. The monoisotopic (exact) mass is 297 g/mol. The lowest BCUT2D eigenvalue weighted by molar-refractivity contribution is 0.574. The van der Waals surface area contributed by atoms with E-state index in [4.69, 9.17) is 18.0 Å². The summed E-state index contributed by atoms with van der Waals surface area (Å²) in [4.78, 5) is 4.90. The minimum Gasteiger partial charge on any atom is -0.389 e. The molecule has 1 heterocycles. The van der Waals surface area contributed by atoms with Crippen LogP contribution in [0.25, 0.3) is 0 Å². The number of hydrogen-bond donors (Lipinski definition) is 2. The molecule has 1 rings (SSSR count). The zero-order valence-corrected chi connectivity index (χ0v) is 13.8. The maximum atomic E-state index is 5.75. The van der Waals surface area contributed by atoms with Crippen molar-refractivity contribution in [2.45, 2.75) is 38.4 Å². The van der Waals surface area contributed by atoms with Crippen LogP contribution in [0, 0.1) is 6.92 Å². The third kappa shape index (κ3) is 4.08. The normalized spacial score (nSPS) is 11.4. The molecule has 0 unspecified atom stereocenters. The number of nitrogens with one attached hydrogen (secondary N) is 1. The Balaban J connectivity index is 2.93. The van der Waals surface area contributed by atoms with Crippen molar-refractivity contribution >= 4 is 34.8 Å². The second-order valence-electron chi connectivity index (χ2n) is 4.66. The lowest BCUT2D eigenvalue weighted by Crippen LogP contribution is -2.33. The number of pyridine rings is 1. The molecule has 0 bridgehead atoms. The van der Waals surface area contributed by atoms with Gasteiger partial charge >= 0.3 is 0 Å². The molecule has 0 aliphatic heterocycles. The van der Waals surface area contributed by atoms with E-state index in [0.29, 0.717) is 4.99 Å². The maximum Gasteiger partial charge on any atom is 0.136 e. The topological polar surface area (TPSA) is 50.9 Å². The summed E-state index contributed by atoms with van der Waals surface area (Å²) < 4.78 is 0.235. The summed E-state index contributed by atoms with van der Waals surface area (Å²) in [5, 5.41) is 3.43. The van der Waals surface area contributed by atoms with Gasteiger partial charge in [-0.15, -0.1) is 0 Å². The Morgan fingerprint density at radius 3 is 2.53 bits per heavy atom. The Hall–Kier alpha value is -0.810. The van der Waals surface area contributed by atoms with E-state index in [1.807, 2.05) is 30.8 Å². The summed E-state index contributed by atoms with van der Waals surface area (Å²) in [7, 11) is 0. The highest BCUT2D eigenvalue weighted by molar-refractivity contribution is 8.00. The van der Waals surface area contributed by atoms with Crippen molar-refractivity contribution < 1.29 is 0 Å². The first-order valence-electron chi connectivity index (χ1n) is 6.54. The van der Waals surface area contributed by atoms with Gasteiger partial charge in [-0.3, -0.25) is 0 Å². The third-order valence-electron chi connectivity index (χ3n) is 3.60. The van der Waals surface area contributed by atoms with Gasteiger partial charge in [-0.25, -0.2) is 4.98 Å². The molecule has 0 aromatic carbocycles. The van der Waals surface area contributed by atoms with Gasteiger partial charge in [-0.2, -0.15) is 11.8 Å². The van der Waals surface area contributed by atoms with E-state index in [0.717, 1.165) is 36.5 Å². The highest BCUT2D eigenvalue weighted by Crippen LogP contribution is 2.30. The first-order valence-corrected chi connectivity index (χ1v) is 8.17. The number of thioether (sulfide) groups is 1. The van der Waals surface area contributed by atoms with Crippen LogP contribution in [0.1, 0.15) is 37.9 Å². The molecular weight excluding hydrogens is 274 g/mol. The van der Waals surface area contributed by atoms with Crippen LogP contribution in [-0.4, -0.2) is 27.5 Å². The summed E-state index contributed by atoms with van der Waals surface area (Å²) in [5.74, 6) is 0.799. The lowest BCUT2D eigenvalue weighted by Gasteiger charge is -2.30. The Labute approximate surface area is 125 Å². The molecule has 1 aromatic heterocycles. The first-order chi connectivity index (χ1) is 8.98. The van der Waals surface area contributed by atoms with Crippen molar-refractivity contribution in [2.75, 3.05) is 18.1 Å². The molecular formula is C14H23N3S2. The number of thiocarbonyl (C=S) groups is 1. The summed E-state index contributed by atoms with van der Waals surface area (Å²) in [6, 6.07) is 3.87. The molecule has 0 aliphatic rings. The number of nitrogens with two attached hydrogens (primary N) is 1. The van der Waals surface area contributed by atoms with E-state index >= 15 is 0 Å². The second-order valence-corrected chi connectivity index (χ2v) is 6.37. The van der Waals surface area contributed by atoms with Gasteiger partial charge in [0.25, 0.3) is 0 Å². The van der Waals surface area contributed by atoms with E-state index < -0.39 is 0 Å². The zero-order valence-electron chi connectivity index (χ0n) is 12.1. The van der Waals surface area contributed by atoms with Crippen molar-refractivity contribution in [1.29, 1.82) is 0 Å². The van der Waals surface area contributed by atoms with Crippen molar-refractivity contribution in [3.8, 4) is 0 Å². The maximum absolute atomic E-state index is 5.75. The van der Waals surface area contributed by atoms with Crippen molar-refractivity contribution in [3.05, 3.63) is 23.4 Å². The molecule has 106 valence electrons. The number of nitrogens with zero attached hydrogens (tertiary/aromatic N) is 1. The van der Waals surface area contributed by atoms with Gasteiger partial charge in [0.05, 0.1) is 5.56 Å². The molecule has 3 nitrogen and oxygen atoms in total. The molecule has 5 heteroatoms. The minimum atomic E-state index is 0.235. The molecule has 0 spiro atoms. The largest absolute Gasteiger partial charge is 0.389 e. The standard InChI is InChI=1S/C14H23N3S2/c1-5-14(6-2,19-4)9-16-13-11(12(15)18)8-7-10(3)17-13/h7-8H,5-6,9H2,1-4H3,(H2,15,18)(H,16,17). The fourth-order valence-electron chi connectivity index (χ4n) is 2.00. The molecule has 0 radical (unpaired) electrons. The van der Waals surface area contributed by atoms with Gasteiger partial charge in [0.2, 0.25) is 0 Å². The third-order valence-corrected chi connectivity index (χ3v) is 5.41. The lowest BCUT2D eigenvalue weighted by atomic mass is 10.0. The number of rotatable bonds is 7. The summed E-state index contributed by atoms with van der Waals surface area (Å²) in [6.45, 7) is 7.28. The van der Waals surface area contributed by atoms with Crippen LogP contribution in [0.2, 0.25) is 0 Å². The number of hydrogen-bond acceptors (Lipinski definition) is 4. The Morgan fingerprint density at radius 2 is 2.05 bits per heavy atom. The van der Waals surface area contributed by atoms with E-state index in [1.165, 1.54) is 0 Å². The van der Waals surface area contributed by atoms with Crippen molar-refractivity contribution in [1.82, 2.24) is 4.98 Å². The fraction of sp³-hybridized carbons (Fsp3) is 0.571. The molecule has 0 aliphatic carbocycles. The Bertz CT molecular complexity index is 434. The molecule has 0 amide bonds. The van der Waals surface area contributed by atoms with Gasteiger partial charge < -0.3 is 11.1 Å². The smallest absolute Gasteiger partial charge is 0.136 e. The number of aromatic nitrogens is 1. The predicted octanol–water partition coefficient (Wildman–Crippen LogP) is 3.36. The average Bonchev–Trinajstić information content (AvgIpc) is 2.40. The number of aryl methyl sites for hydroxylation is 1. The van der Waals surface area contributed by atoms with E-state index in [1.54, 1.807) is 0 Å². The fourth-order valence-corrected chi connectivity index (χ4v) is 2.95. The second kappa shape index (κ2) is 7.10. The Kier molecular flexibility index (Phi) is 6.07. The SMILES string of the molecule is CCC(CC)(CNc1nc(C)ccc1C(N)=S)SC. The van der Waals surface area contributed by atoms with Crippen LogP contribution in [0.3, 0.4) is 0 Å². The van der Waals surface area contributed by atoms with Crippen LogP contribution in [0.5, 0.6) is 0 Å². The molecule has 0 saturated heterocycles. The summed E-state index contributed by atoms with van der Waals surface area (Å²) in [5.41, 5.74) is 7.53. The van der Waals surface area contributed by atoms with Crippen LogP contribution in [0.4, 0.5) is 5.82 Å². The van der Waals surface area contributed by atoms with E-state index in [9.17, 15) is 0 Å². The van der Waals surface area contributed by atoms with Gasteiger partial charge in [0.15, 0.2) is 0 Å². The van der Waals surface area contributed by atoms with Crippen LogP contribution < -0.4 is 11.1 Å². The van der Waals surface area contributed by atoms with Gasteiger partial charge in [0, 0.05) is 17.0 Å². The van der Waals surface area contributed by atoms with Crippen LogP contribution in [-0.2, 0) is 0 Å². The highest BCUT2D eigenvalue weighted by Gasteiger charge is 2.25. The quantitative estimate of drug-likeness (QED) is 0.756. The van der Waals surface area contributed by atoms with Crippen LogP contribution >= 0.6 is 24.0 Å². The molecule has 1 aromatic rings. The van der Waals surface area contributed by atoms with Gasteiger partial charge in [-0.1, -0.05) is 26.1 Å². The predicted molar refractivity (Wildman–Crippen MR) is 90.2 cm³/mol. The molecule has 0 atom stereocenters. The van der Waals surface area contributed by atoms with Crippen molar-refractivity contribution in [2.24, 2.45) is 5.73 Å². The zero-order chi connectivity index (χ0) is 14.5. The molecule has 19 heavy (non-hydrogen) atoms. The number of anilines is 1. The molecule has 3 N–H and O–H groups in total. The van der Waals surface area contributed by atoms with E-state index in [2.05, 4.69) is 30.4 Å². The molecule has 0 saturated carbocycles.